The molecule has 0 unspecified atom stereocenters. The van der Waals surface area contributed by atoms with Crippen LogP contribution < -0.4 is 4.74 Å². The smallest absolute Gasteiger partial charge is 0.433 e. The van der Waals surface area contributed by atoms with Gasteiger partial charge in [-0.05, 0) is 25.5 Å². The number of pyridine rings is 1. The standard InChI is InChI=1S/C12H11F6NO3/c1-3-21-10(20)8-6(2)4-7(12(16,17)18)19-9(8)22-5-11(13,14)15/h4H,3,5H2,1-2H3. The predicted octanol–water partition coefficient (Wildman–Crippen LogP) is 3.53. The second-order valence-electron chi connectivity index (χ2n) is 4.13. The summed E-state index contributed by atoms with van der Waals surface area (Å²) in [4.78, 5) is 14.6. The van der Waals surface area contributed by atoms with E-state index in [0.717, 1.165) is 6.92 Å². The first-order chi connectivity index (χ1) is 9.95. The number of ether oxygens (including phenoxy) is 2. The Labute approximate surface area is 121 Å². The van der Waals surface area contributed by atoms with Crippen LogP contribution in [0.1, 0.15) is 28.5 Å². The maximum absolute atomic E-state index is 12.6. The molecule has 0 radical (unpaired) electrons. The van der Waals surface area contributed by atoms with E-state index >= 15 is 0 Å². The van der Waals surface area contributed by atoms with Gasteiger partial charge in [0.25, 0.3) is 0 Å². The fraction of sp³-hybridized carbons (Fsp3) is 0.500. The first-order valence-corrected chi connectivity index (χ1v) is 5.91. The normalized spacial score (nSPS) is 12.2. The summed E-state index contributed by atoms with van der Waals surface area (Å²) in [6, 6.07) is 0.534. The highest BCUT2D eigenvalue weighted by Crippen LogP contribution is 2.33. The lowest BCUT2D eigenvalue weighted by molar-refractivity contribution is -0.155. The zero-order valence-corrected chi connectivity index (χ0v) is 11.4. The Morgan fingerprint density at radius 1 is 1.23 bits per heavy atom. The van der Waals surface area contributed by atoms with Crippen molar-refractivity contribution in [3.8, 4) is 5.88 Å². The highest BCUT2D eigenvalue weighted by Gasteiger charge is 2.36. The average Bonchev–Trinajstić information content (AvgIpc) is 2.33. The number of hydrogen-bond acceptors (Lipinski definition) is 4. The number of carbonyl (C=O) groups excluding carboxylic acids is 1. The van der Waals surface area contributed by atoms with Crippen molar-refractivity contribution in [2.24, 2.45) is 0 Å². The molecule has 0 aliphatic carbocycles. The molecule has 1 aromatic rings. The minimum atomic E-state index is -4.89. The Bertz CT molecular complexity index is 553. The highest BCUT2D eigenvalue weighted by molar-refractivity contribution is 5.93. The Morgan fingerprint density at radius 3 is 2.27 bits per heavy atom. The van der Waals surface area contributed by atoms with E-state index in [4.69, 9.17) is 0 Å². The van der Waals surface area contributed by atoms with E-state index < -0.39 is 42.1 Å². The summed E-state index contributed by atoms with van der Waals surface area (Å²) in [6.45, 7) is 0.551. The lowest BCUT2D eigenvalue weighted by atomic mass is 10.1. The van der Waals surface area contributed by atoms with Gasteiger partial charge in [-0.1, -0.05) is 0 Å². The molecule has 1 heterocycles. The van der Waals surface area contributed by atoms with Gasteiger partial charge in [0, 0.05) is 0 Å². The third-order valence-electron chi connectivity index (χ3n) is 2.33. The molecule has 0 bridgehead atoms. The summed E-state index contributed by atoms with van der Waals surface area (Å²) >= 11 is 0. The second-order valence-corrected chi connectivity index (χ2v) is 4.13. The molecule has 0 N–H and O–H groups in total. The summed E-state index contributed by atoms with van der Waals surface area (Å²) in [7, 11) is 0. The van der Waals surface area contributed by atoms with E-state index in [1.165, 1.54) is 6.92 Å². The van der Waals surface area contributed by atoms with Gasteiger partial charge >= 0.3 is 18.3 Å². The van der Waals surface area contributed by atoms with Crippen molar-refractivity contribution in [2.75, 3.05) is 13.2 Å². The molecule has 124 valence electrons. The van der Waals surface area contributed by atoms with Gasteiger partial charge < -0.3 is 9.47 Å². The molecule has 0 atom stereocenters. The van der Waals surface area contributed by atoms with Gasteiger partial charge in [0.15, 0.2) is 6.61 Å². The third kappa shape index (κ3) is 4.78. The molecule has 0 saturated heterocycles. The molecule has 0 fully saturated rings. The number of carbonyl (C=O) groups is 1. The lowest BCUT2D eigenvalue weighted by Crippen LogP contribution is -2.22. The summed E-state index contributed by atoms with van der Waals surface area (Å²) in [5.41, 5.74) is -2.28. The Morgan fingerprint density at radius 2 is 1.82 bits per heavy atom. The van der Waals surface area contributed by atoms with Crippen LogP contribution in [0.3, 0.4) is 0 Å². The van der Waals surface area contributed by atoms with Crippen LogP contribution in [-0.4, -0.2) is 30.3 Å². The van der Waals surface area contributed by atoms with Crippen molar-refractivity contribution in [1.29, 1.82) is 0 Å². The Kier molecular flexibility index (Phi) is 5.26. The van der Waals surface area contributed by atoms with E-state index in [-0.39, 0.29) is 12.2 Å². The van der Waals surface area contributed by atoms with E-state index in [1.54, 1.807) is 0 Å². The van der Waals surface area contributed by atoms with Crippen molar-refractivity contribution in [2.45, 2.75) is 26.2 Å². The minimum absolute atomic E-state index is 0.113. The molecule has 0 aliphatic heterocycles. The third-order valence-corrected chi connectivity index (χ3v) is 2.33. The van der Waals surface area contributed by atoms with Crippen LogP contribution in [0.25, 0.3) is 0 Å². The van der Waals surface area contributed by atoms with Crippen molar-refractivity contribution in [1.82, 2.24) is 4.98 Å². The monoisotopic (exact) mass is 331 g/mol. The molecular formula is C12H11F6NO3. The summed E-state index contributed by atoms with van der Waals surface area (Å²) in [5.74, 6) is -2.18. The number of aromatic nitrogens is 1. The number of hydrogen-bond donors (Lipinski definition) is 0. The molecule has 22 heavy (non-hydrogen) atoms. The molecule has 4 nitrogen and oxygen atoms in total. The van der Waals surface area contributed by atoms with Crippen LogP contribution in [0.4, 0.5) is 26.3 Å². The number of esters is 1. The number of nitrogens with zero attached hydrogens (tertiary/aromatic N) is 1. The van der Waals surface area contributed by atoms with Gasteiger partial charge in [-0.3, -0.25) is 0 Å². The van der Waals surface area contributed by atoms with Gasteiger partial charge in [0.2, 0.25) is 5.88 Å². The summed E-state index contributed by atoms with van der Waals surface area (Å²) in [6.07, 6.45) is -9.69. The first-order valence-electron chi connectivity index (χ1n) is 5.91. The SMILES string of the molecule is CCOC(=O)c1c(C)cc(C(F)(F)F)nc1OCC(F)(F)F. The van der Waals surface area contributed by atoms with Crippen molar-refractivity contribution >= 4 is 5.97 Å². The topological polar surface area (TPSA) is 48.4 Å². The van der Waals surface area contributed by atoms with E-state index in [1.807, 2.05) is 0 Å². The van der Waals surface area contributed by atoms with Crippen LogP contribution in [-0.2, 0) is 10.9 Å². The molecule has 0 aromatic carbocycles. The van der Waals surface area contributed by atoms with Crippen molar-refractivity contribution in [3.05, 3.63) is 22.9 Å². The van der Waals surface area contributed by atoms with Crippen LogP contribution in [0, 0.1) is 6.92 Å². The van der Waals surface area contributed by atoms with Crippen molar-refractivity contribution < 1.29 is 40.6 Å². The molecule has 1 aromatic heterocycles. The Balaban J connectivity index is 3.32. The molecule has 0 aliphatic rings. The van der Waals surface area contributed by atoms with Crippen LogP contribution >= 0.6 is 0 Å². The van der Waals surface area contributed by atoms with E-state index in [9.17, 15) is 31.1 Å². The summed E-state index contributed by atoms with van der Waals surface area (Å²) < 4.78 is 83.3. The molecule has 0 spiro atoms. The average molecular weight is 331 g/mol. The van der Waals surface area contributed by atoms with Gasteiger partial charge in [0.1, 0.15) is 11.3 Å². The van der Waals surface area contributed by atoms with Crippen LogP contribution in [0.15, 0.2) is 6.07 Å². The fourth-order valence-corrected chi connectivity index (χ4v) is 1.49. The number of rotatable bonds is 4. The number of alkyl halides is 6. The largest absolute Gasteiger partial charge is 0.467 e. The predicted molar refractivity (Wildman–Crippen MR) is 61.5 cm³/mol. The molecule has 0 saturated carbocycles. The van der Waals surface area contributed by atoms with Gasteiger partial charge in [-0.2, -0.15) is 26.3 Å². The van der Waals surface area contributed by atoms with Crippen molar-refractivity contribution in [3.63, 3.8) is 0 Å². The second kappa shape index (κ2) is 6.41. The molecule has 0 amide bonds. The van der Waals surface area contributed by atoms with Gasteiger partial charge in [-0.15, -0.1) is 0 Å². The fourth-order valence-electron chi connectivity index (χ4n) is 1.49. The zero-order valence-electron chi connectivity index (χ0n) is 11.4. The number of aryl methyl sites for hydroxylation is 1. The van der Waals surface area contributed by atoms with E-state index in [0.29, 0.717) is 6.07 Å². The summed E-state index contributed by atoms with van der Waals surface area (Å²) in [5, 5.41) is 0. The van der Waals surface area contributed by atoms with Crippen LogP contribution in [0.2, 0.25) is 0 Å². The quantitative estimate of drug-likeness (QED) is 0.626. The lowest BCUT2D eigenvalue weighted by Gasteiger charge is -2.16. The molecule has 1 rings (SSSR count). The minimum Gasteiger partial charge on any atom is -0.467 e. The van der Waals surface area contributed by atoms with Gasteiger partial charge in [0.05, 0.1) is 6.61 Å². The van der Waals surface area contributed by atoms with Gasteiger partial charge in [-0.25, -0.2) is 9.78 Å². The number of halogens is 6. The first kappa shape index (κ1) is 18.1. The Hall–Kier alpha value is -2.00. The highest BCUT2D eigenvalue weighted by atomic mass is 19.4. The molecule has 10 heteroatoms. The van der Waals surface area contributed by atoms with E-state index in [2.05, 4.69) is 14.5 Å². The maximum atomic E-state index is 12.6. The maximum Gasteiger partial charge on any atom is 0.433 e. The van der Waals surface area contributed by atoms with Crippen LogP contribution in [0.5, 0.6) is 5.88 Å². The molecular weight excluding hydrogens is 320 g/mol. The zero-order chi connectivity index (χ0) is 17.1.